The molecule has 0 bridgehead atoms. The molecule has 3 heterocycles. The van der Waals surface area contributed by atoms with E-state index in [0.717, 1.165) is 48.3 Å². The number of pyridine rings is 1. The number of hydrogen-bond donors (Lipinski definition) is 2. The van der Waals surface area contributed by atoms with E-state index in [4.69, 9.17) is 9.72 Å². The Hall–Kier alpha value is -3.84. The fraction of sp³-hybridized carbons (Fsp3) is 0.200. The lowest BCUT2D eigenvalue weighted by Gasteiger charge is -2.24. The molecular formula is C25H23N5O2. The van der Waals surface area contributed by atoms with Gasteiger partial charge >= 0.3 is 0 Å². The SMILES string of the molecule is O=C(Nc1ccncn1)c1cccc2ccc(-c3cccc(OC4CCNCC4)c3)nc12. The number of aromatic nitrogens is 3. The van der Waals surface area contributed by atoms with Gasteiger partial charge in [0.2, 0.25) is 0 Å². The molecule has 1 amide bonds. The number of piperidine rings is 1. The highest BCUT2D eigenvalue weighted by molar-refractivity contribution is 6.11. The minimum atomic E-state index is -0.262. The second kappa shape index (κ2) is 9.11. The van der Waals surface area contributed by atoms with E-state index < -0.39 is 0 Å². The Bertz CT molecular complexity index is 1240. The number of ether oxygens (including phenoxy) is 1. The van der Waals surface area contributed by atoms with Crippen molar-refractivity contribution in [3.63, 3.8) is 0 Å². The summed E-state index contributed by atoms with van der Waals surface area (Å²) in [6, 6.07) is 19.2. The van der Waals surface area contributed by atoms with Gasteiger partial charge in [-0.15, -0.1) is 0 Å². The third-order valence-corrected chi connectivity index (χ3v) is 5.51. The van der Waals surface area contributed by atoms with Gasteiger partial charge in [0.1, 0.15) is 24.0 Å². The molecule has 0 spiro atoms. The van der Waals surface area contributed by atoms with Crippen molar-refractivity contribution < 1.29 is 9.53 Å². The van der Waals surface area contributed by atoms with Crippen LogP contribution in [0, 0.1) is 0 Å². The summed E-state index contributed by atoms with van der Waals surface area (Å²) in [7, 11) is 0. The molecule has 1 aliphatic rings. The number of carbonyl (C=O) groups is 1. The highest BCUT2D eigenvalue weighted by atomic mass is 16.5. The van der Waals surface area contributed by atoms with Crippen molar-refractivity contribution in [2.75, 3.05) is 18.4 Å². The predicted octanol–water partition coefficient (Wildman–Crippen LogP) is 4.07. The van der Waals surface area contributed by atoms with Gasteiger partial charge in [0.15, 0.2) is 0 Å². The molecule has 5 rings (SSSR count). The molecule has 0 saturated carbocycles. The monoisotopic (exact) mass is 425 g/mol. The first-order valence-electron chi connectivity index (χ1n) is 10.7. The van der Waals surface area contributed by atoms with E-state index in [-0.39, 0.29) is 12.0 Å². The van der Waals surface area contributed by atoms with Crippen LogP contribution in [0.1, 0.15) is 23.2 Å². The zero-order valence-electron chi connectivity index (χ0n) is 17.5. The van der Waals surface area contributed by atoms with E-state index in [9.17, 15) is 4.79 Å². The van der Waals surface area contributed by atoms with Crippen LogP contribution in [0.3, 0.4) is 0 Å². The molecule has 1 aliphatic heterocycles. The van der Waals surface area contributed by atoms with Gasteiger partial charge in [-0.05, 0) is 56.3 Å². The lowest BCUT2D eigenvalue weighted by atomic mass is 10.1. The molecule has 1 fully saturated rings. The standard InChI is InChI=1S/C25H23N5O2/c31-25(30-23-11-14-27-16-28-23)21-6-2-3-17-7-8-22(29-24(17)21)18-4-1-5-20(15-18)32-19-9-12-26-13-10-19/h1-8,11,14-16,19,26H,9-10,12-13H2,(H,27,28,30,31). The average Bonchev–Trinajstić information content (AvgIpc) is 2.85. The van der Waals surface area contributed by atoms with Crippen molar-refractivity contribution in [1.82, 2.24) is 20.3 Å². The van der Waals surface area contributed by atoms with Gasteiger partial charge in [-0.25, -0.2) is 15.0 Å². The average molecular weight is 425 g/mol. The van der Waals surface area contributed by atoms with Crippen LogP contribution in [0.15, 0.2) is 73.2 Å². The largest absolute Gasteiger partial charge is 0.490 e. The van der Waals surface area contributed by atoms with Crippen LogP contribution in [0.5, 0.6) is 5.75 Å². The summed E-state index contributed by atoms with van der Waals surface area (Å²) in [6.45, 7) is 1.97. The summed E-state index contributed by atoms with van der Waals surface area (Å²) in [6.07, 6.45) is 5.22. The van der Waals surface area contributed by atoms with Gasteiger partial charge in [0.25, 0.3) is 5.91 Å². The number of hydrogen-bond acceptors (Lipinski definition) is 6. The van der Waals surface area contributed by atoms with Crippen LogP contribution < -0.4 is 15.4 Å². The van der Waals surface area contributed by atoms with Crippen LogP contribution in [0.4, 0.5) is 5.82 Å². The zero-order valence-corrected chi connectivity index (χ0v) is 17.5. The Morgan fingerprint density at radius 3 is 2.75 bits per heavy atom. The molecule has 160 valence electrons. The minimum absolute atomic E-state index is 0.230. The summed E-state index contributed by atoms with van der Waals surface area (Å²) in [5, 5.41) is 7.06. The molecule has 0 radical (unpaired) electrons. The normalized spacial score (nSPS) is 14.2. The van der Waals surface area contributed by atoms with Crippen molar-refractivity contribution in [1.29, 1.82) is 0 Å². The summed E-state index contributed by atoms with van der Waals surface area (Å²) < 4.78 is 6.19. The highest BCUT2D eigenvalue weighted by Crippen LogP contribution is 2.27. The van der Waals surface area contributed by atoms with E-state index in [1.807, 2.05) is 48.5 Å². The highest BCUT2D eigenvalue weighted by Gasteiger charge is 2.16. The summed E-state index contributed by atoms with van der Waals surface area (Å²) in [5.41, 5.74) is 2.87. The van der Waals surface area contributed by atoms with Crippen molar-refractivity contribution in [3.8, 4) is 17.0 Å². The van der Waals surface area contributed by atoms with Crippen LogP contribution in [0.2, 0.25) is 0 Å². The Morgan fingerprint density at radius 1 is 1.03 bits per heavy atom. The first-order chi connectivity index (χ1) is 15.8. The third-order valence-electron chi connectivity index (χ3n) is 5.51. The number of fused-ring (bicyclic) bond motifs is 1. The van der Waals surface area contributed by atoms with Crippen molar-refractivity contribution in [3.05, 3.63) is 78.8 Å². The fourth-order valence-electron chi connectivity index (χ4n) is 3.87. The lowest BCUT2D eigenvalue weighted by molar-refractivity contribution is 0.102. The first kappa shape index (κ1) is 20.1. The van der Waals surface area contributed by atoms with Gasteiger partial charge < -0.3 is 15.4 Å². The molecule has 2 aromatic carbocycles. The van der Waals surface area contributed by atoms with E-state index in [1.54, 1.807) is 18.3 Å². The number of para-hydroxylation sites is 1. The van der Waals surface area contributed by atoms with Gasteiger partial charge in [0.05, 0.1) is 16.8 Å². The minimum Gasteiger partial charge on any atom is -0.490 e. The Kier molecular flexibility index (Phi) is 5.72. The molecule has 0 aliphatic carbocycles. The maximum absolute atomic E-state index is 12.9. The maximum Gasteiger partial charge on any atom is 0.259 e. The summed E-state index contributed by atoms with van der Waals surface area (Å²) in [4.78, 5) is 25.7. The van der Waals surface area contributed by atoms with Gasteiger partial charge in [0, 0.05) is 17.1 Å². The molecular weight excluding hydrogens is 402 g/mol. The maximum atomic E-state index is 12.9. The predicted molar refractivity (Wildman–Crippen MR) is 124 cm³/mol. The summed E-state index contributed by atoms with van der Waals surface area (Å²) in [5.74, 6) is 1.02. The Balaban J connectivity index is 1.45. The molecule has 2 N–H and O–H groups in total. The van der Waals surface area contributed by atoms with Crippen molar-refractivity contribution in [2.45, 2.75) is 18.9 Å². The summed E-state index contributed by atoms with van der Waals surface area (Å²) >= 11 is 0. The van der Waals surface area contributed by atoms with Gasteiger partial charge in [-0.2, -0.15) is 0 Å². The lowest BCUT2D eigenvalue weighted by Crippen LogP contribution is -2.34. The number of nitrogens with one attached hydrogen (secondary N) is 2. The molecule has 7 nitrogen and oxygen atoms in total. The Morgan fingerprint density at radius 2 is 1.91 bits per heavy atom. The van der Waals surface area contributed by atoms with Gasteiger partial charge in [-0.3, -0.25) is 4.79 Å². The fourth-order valence-corrected chi connectivity index (χ4v) is 3.87. The number of rotatable bonds is 5. The number of anilines is 1. The molecule has 0 atom stereocenters. The quantitative estimate of drug-likeness (QED) is 0.501. The third kappa shape index (κ3) is 4.43. The van der Waals surface area contributed by atoms with Crippen molar-refractivity contribution >= 4 is 22.6 Å². The smallest absolute Gasteiger partial charge is 0.259 e. The molecule has 4 aromatic rings. The molecule has 7 heteroatoms. The second-order valence-electron chi connectivity index (χ2n) is 7.72. The zero-order chi connectivity index (χ0) is 21.8. The topological polar surface area (TPSA) is 89.0 Å². The van der Waals surface area contributed by atoms with E-state index in [0.29, 0.717) is 16.9 Å². The van der Waals surface area contributed by atoms with E-state index >= 15 is 0 Å². The van der Waals surface area contributed by atoms with Crippen LogP contribution in [0.25, 0.3) is 22.2 Å². The number of amides is 1. The van der Waals surface area contributed by atoms with E-state index in [1.165, 1.54) is 6.33 Å². The van der Waals surface area contributed by atoms with Crippen LogP contribution in [-0.2, 0) is 0 Å². The second-order valence-corrected chi connectivity index (χ2v) is 7.72. The van der Waals surface area contributed by atoms with Crippen LogP contribution >= 0.6 is 0 Å². The first-order valence-corrected chi connectivity index (χ1v) is 10.7. The van der Waals surface area contributed by atoms with E-state index in [2.05, 4.69) is 20.6 Å². The molecule has 32 heavy (non-hydrogen) atoms. The van der Waals surface area contributed by atoms with Gasteiger partial charge in [-0.1, -0.05) is 30.3 Å². The van der Waals surface area contributed by atoms with Crippen LogP contribution in [-0.4, -0.2) is 40.1 Å². The molecule has 1 saturated heterocycles. The Labute approximate surface area is 185 Å². The van der Waals surface area contributed by atoms with Crippen molar-refractivity contribution in [2.24, 2.45) is 0 Å². The number of carbonyl (C=O) groups excluding carboxylic acids is 1. The number of nitrogens with zero attached hydrogens (tertiary/aromatic N) is 3. The number of benzene rings is 2. The molecule has 2 aromatic heterocycles. The molecule has 0 unspecified atom stereocenters.